The summed E-state index contributed by atoms with van der Waals surface area (Å²) in [6, 6.07) is 8.40. The van der Waals surface area contributed by atoms with E-state index in [4.69, 9.17) is 0 Å². The number of pyridine rings is 1. The Morgan fingerprint density at radius 2 is 1.57 bits per heavy atom. The third-order valence-electron chi connectivity index (χ3n) is 3.12. The lowest BCUT2D eigenvalue weighted by Gasteiger charge is -2.07. The first-order chi connectivity index (χ1) is 9.95. The van der Waals surface area contributed by atoms with Gasteiger partial charge < -0.3 is 0 Å². The number of Topliss-reactive ketones (excluding diaryl/α,β-unsaturated/α-hetero) is 1. The van der Waals surface area contributed by atoms with Crippen LogP contribution in [0.3, 0.4) is 0 Å². The van der Waals surface area contributed by atoms with Gasteiger partial charge in [0.2, 0.25) is 0 Å². The van der Waals surface area contributed by atoms with Crippen LogP contribution in [-0.4, -0.2) is 10.8 Å². The van der Waals surface area contributed by atoms with Gasteiger partial charge in [0.05, 0.1) is 5.56 Å². The monoisotopic (exact) mass is 293 g/mol. The van der Waals surface area contributed by atoms with Crippen molar-refractivity contribution in [1.82, 2.24) is 4.98 Å². The normalized spacial score (nSPS) is 11.4. The first-order valence-electron chi connectivity index (χ1n) is 6.52. The summed E-state index contributed by atoms with van der Waals surface area (Å²) in [5.74, 6) is 0.00608. The summed E-state index contributed by atoms with van der Waals surface area (Å²) in [5, 5.41) is 0. The van der Waals surface area contributed by atoms with Gasteiger partial charge in [-0.05, 0) is 41.8 Å². The van der Waals surface area contributed by atoms with Gasteiger partial charge in [0.15, 0.2) is 0 Å². The third kappa shape index (κ3) is 4.70. The van der Waals surface area contributed by atoms with Crippen LogP contribution in [0.2, 0.25) is 0 Å². The van der Waals surface area contributed by atoms with Crippen LogP contribution in [0, 0.1) is 0 Å². The number of benzene rings is 1. The maximum absolute atomic E-state index is 12.4. The lowest BCUT2D eigenvalue weighted by atomic mass is 10.0. The van der Waals surface area contributed by atoms with E-state index >= 15 is 0 Å². The van der Waals surface area contributed by atoms with Crippen molar-refractivity contribution in [2.75, 3.05) is 0 Å². The zero-order valence-corrected chi connectivity index (χ0v) is 11.2. The second-order valence-corrected chi connectivity index (χ2v) is 4.77. The van der Waals surface area contributed by atoms with Gasteiger partial charge in [0.1, 0.15) is 5.78 Å². The highest BCUT2D eigenvalue weighted by Gasteiger charge is 2.29. The van der Waals surface area contributed by atoms with Crippen LogP contribution in [-0.2, 0) is 23.8 Å². The number of aromatic nitrogens is 1. The molecule has 0 atom stereocenters. The molecule has 21 heavy (non-hydrogen) atoms. The highest BCUT2D eigenvalue weighted by molar-refractivity contribution is 5.81. The molecule has 0 aliphatic rings. The van der Waals surface area contributed by atoms with Gasteiger partial charge in [-0.2, -0.15) is 13.2 Å². The molecular weight excluding hydrogens is 279 g/mol. The predicted molar refractivity (Wildman–Crippen MR) is 72.7 cm³/mol. The highest BCUT2D eigenvalue weighted by atomic mass is 19.4. The third-order valence-corrected chi connectivity index (χ3v) is 3.12. The average molecular weight is 293 g/mol. The van der Waals surface area contributed by atoms with Crippen molar-refractivity contribution < 1.29 is 18.0 Å². The molecule has 5 heteroatoms. The second kappa shape index (κ2) is 6.52. The molecule has 1 aromatic heterocycles. The SMILES string of the molecule is O=C(CCc1ccncc1)Cc1ccc(C(F)(F)F)cc1. The van der Waals surface area contributed by atoms with E-state index in [1.165, 1.54) is 12.1 Å². The summed E-state index contributed by atoms with van der Waals surface area (Å²) >= 11 is 0. The first kappa shape index (κ1) is 15.2. The van der Waals surface area contributed by atoms with Crippen molar-refractivity contribution in [3.05, 3.63) is 65.5 Å². The second-order valence-electron chi connectivity index (χ2n) is 4.77. The molecule has 0 aliphatic carbocycles. The fourth-order valence-electron chi connectivity index (χ4n) is 1.96. The molecular formula is C16H14F3NO. The van der Waals surface area contributed by atoms with Crippen LogP contribution in [0.4, 0.5) is 13.2 Å². The van der Waals surface area contributed by atoms with Crippen LogP contribution in [0.5, 0.6) is 0 Å². The number of hydrogen-bond donors (Lipinski definition) is 0. The Hall–Kier alpha value is -2.17. The van der Waals surface area contributed by atoms with E-state index in [2.05, 4.69) is 4.98 Å². The molecule has 0 saturated carbocycles. The molecule has 0 radical (unpaired) electrons. The molecule has 2 aromatic rings. The number of carbonyl (C=O) groups is 1. The van der Waals surface area contributed by atoms with Gasteiger partial charge in [0, 0.05) is 25.2 Å². The van der Waals surface area contributed by atoms with Crippen LogP contribution in [0.1, 0.15) is 23.1 Å². The molecule has 2 nitrogen and oxygen atoms in total. The van der Waals surface area contributed by atoms with Gasteiger partial charge in [-0.15, -0.1) is 0 Å². The molecule has 0 unspecified atom stereocenters. The quantitative estimate of drug-likeness (QED) is 0.838. The Morgan fingerprint density at radius 1 is 0.952 bits per heavy atom. The molecule has 0 saturated heterocycles. The molecule has 0 aliphatic heterocycles. The largest absolute Gasteiger partial charge is 0.416 e. The number of hydrogen-bond acceptors (Lipinski definition) is 2. The molecule has 0 fully saturated rings. The van der Waals surface area contributed by atoms with Crippen LogP contribution in [0.25, 0.3) is 0 Å². The number of ketones is 1. The minimum atomic E-state index is -4.34. The molecule has 0 bridgehead atoms. The van der Waals surface area contributed by atoms with Crippen LogP contribution in [0.15, 0.2) is 48.8 Å². The van der Waals surface area contributed by atoms with Crippen LogP contribution >= 0.6 is 0 Å². The maximum atomic E-state index is 12.4. The molecule has 0 N–H and O–H groups in total. The van der Waals surface area contributed by atoms with E-state index in [9.17, 15) is 18.0 Å². The van der Waals surface area contributed by atoms with E-state index in [0.717, 1.165) is 17.7 Å². The fourth-order valence-corrected chi connectivity index (χ4v) is 1.96. The molecule has 1 heterocycles. The van der Waals surface area contributed by atoms with Gasteiger partial charge in [-0.3, -0.25) is 9.78 Å². The Labute approximate surface area is 120 Å². The number of alkyl halides is 3. The summed E-state index contributed by atoms with van der Waals surface area (Å²) in [6.45, 7) is 0. The Kier molecular flexibility index (Phi) is 4.73. The fraction of sp³-hybridized carbons (Fsp3) is 0.250. The first-order valence-corrected chi connectivity index (χ1v) is 6.52. The maximum Gasteiger partial charge on any atom is 0.416 e. The molecule has 2 rings (SSSR count). The number of carbonyl (C=O) groups excluding carboxylic acids is 1. The van der Waals surface area contributed by atoms with Crippen molar-refractivity contribution in [2.45, 2.75) is 25.4 Å². The number of aryl methyl sites for hydroxylation is 1. The summed E-state index contributed by atoms with van der Waals surface area (Å²) in [4.78, 5) is 15.7. The smallest absolute Gasteiger partial charge is 0.299 e. The van der Waals surface area contributed by atoms with Gasteiger partial charge in [-0.1, -0.05) is 12.1 Å². The zero-order valence-electron chi connectivity index (χ0n) is 11.2. The zero-order chi connectivity index (χ0) is 15.3. The van der Waals surface area contributed by atoms with E-state index in [-0.39, 0.29) is 12.2 Å². The lowest BCUT2D eigenvalue weighted by molar-refractivity contribution is -0.137. The van der Waals surface area contributed by atoms with Crippen molar-refractivity contribution in [3.63, 3.8) is 0 Å². The predicted octanol–water partition coefficient (Wildman–Crippen LogP) is 3.84. The number of halogens is 3. The van der Waals surface area contributed by atoms with E-state index in [1.807, 2.05) is 12.1 Å². The summed E-state index contributed by atoms with van der Waals surface area (Å²) in [5.41, 5.74) is 0.920. The van der Waals surface area contributed by atoms with Crippen molar-refractivity contribution in [2.24, 2.45) is 0 Å². The van der Waals surface area contributed by atoms with Crippen molar-refractivity contribution >= 4 is 5.78 Å². The van der Waals surface area contributed by atoms with Crippen LogP contribution < -0.4 is 0 Å². The average Bonchev–Trinajstić information content (AvgIpc) is 2.46. The van der Waals surface area contributed by atoms with E-state index in [1.54, 1.807) is 12.4 Å². The Balaban J connectivity index is 1.88. The molecule has 0 amide bonds. The standard InChI is InChI=1S/C16H14F3NO/c17-16(18,19)14-4-1-13(2-5-14)11-15(21)6-3-12-7-9-20-10-8-12/h1-2,4-5,7-10H,3,6,11H2. The van der Waals surface area contributed by atoms with Crippen molar-refractivity contribution in [3.8, 4) is 0 Å². The molecule has 110 valence electrons. The van der Waals surface area contributed by atoms with E-state index < -0.39 is 11.7 Å². The topological polar surface area (TPSA) is 30.0 Å². The highest BCUT2D eigenvalue weighted by Crippen LogP contribution is 2.29. The number of rotatable bonds is 5. The summed E-state index contributed by atoms with van der Waals surface area (Å²) in [7, 11) is 0. The minimum Gasteiger partial charge on any atom is -0.299 e. The Morgan fingerprint density at radius 3 is 2.14 bits per heavy atom. The lowest BCUT2D eigenvalue weighted by Crippen LogP contribution is -2.07. The summed E-state index contributed by atoms with van der Waals surface area (Å²) < 4.78 is 37.3. The van der Waals surface area contributed by atoms with Gasteiger partial charge >= 0.3 is 6.18 Å². The van der Waals surface area contributed by atoms with Gasteiger partial charge in [0.25, 0.3) is 0 Å². The van der Waals surface area contributed by atoms with Crippen molar-refractivity contribution in [1.29, 1.82) is 0 Å². The molecule has 0 spiro atoms. The summed E-state index contributed by atoms with van der Waals surface area (Å²) in [6.07, 6.45) is 0.117. The molecule has 1 aromatic carbocycles. The number of nitrogens with zero attached hydrogens (tertiary/aromatic N) is 1. The van der Waals surface area contributed by atoms with E-state index in [0.29, 0.717) is 18.4 Å². The Bertz CT molecular complexity index is 591. The minimum absolute atomic E-state index is 0.00608. The van der Waals surface area contributed by atoms with Gasteiger partial charge in [-0.25, -0.2) is 0 Å².